The molecule has 0 saturated carbocycles. The van der Waals surface area contributed by atoms with Crippen molar-refractivity contribution in [3.63, 3.8) is 0 Å². The Balaban J connectivity index is 2.28. The highest BCUT2D eigenvalue weighted by Crippen LogP contribution is 2.38. The van der Waals surface area contributed by atoms with E-state index < -0.39 is 11.4 Å². The second-order valence-corrected chi connectivity index (χ2v) is 4.12. The average molecular weight is 263 g/mol. The number of phenols is 1. The van der Waals surface area contributed by atoms with Crippen LogP contribution in [0.2, 0.25) is 0 Å². The summed E-state index contributed by atoms with van der Waals surface area (Å²) in [4.78, 5) is 14.4. The van der Waals surface area contributed by atoms with Crippen LogP contribution in [0.3, 0.4) is 0 Å². The normalized spacial score (nSPS) is 20.2. The molecule has 1 atom stereocenters. The monoisotopic (exact) mass is 263 g/mol. The molecule has 0 aromatic heterocycles. The maximum absolute atomic E-state index is 11.7. The molecule has 0 bridgehead atoms. The van der Waals surface area contributed by atoms with Crippen molar-refractivity contribution in [2.75, 3.05) is 19.7 Å². The molecule has 1 aliphatic heterocycles. The lowest BCUT2D eigenvalue weighted by Crippen LogP contribution is -2.54. The molecule has 0 aliphatic carbocycles. The first-order chi connectivity index (χ1) is 9.10. The molecule has 19 heavy (non-hydrogen) atoms. The lowest BCUT2D eigenvalue weighted by Gasteiger charge is -2.25. The van der Waals surface area contributed by atoms with Crippen molar-refractivity contribution in [3.8, 4) is 11.5 Å². The Morgan fingerprint density at radius 1 is 1.68 bits per heavy atom. The summed E-state index contributed by atoms with van der Waals surface area (Å²) in [6.45, 7) is 0.521. The number of nitrogens with one attached hydrogen (secondary N) is 1. The van der Waals surface area contributed by atoms with E-state index >= 15 is 0 Å². The van der Waals surface area contributed by atoms with E-state index in [1.54, 1.807) is 6.07 Å². The highest BCUT2D eigenvalue weighted by atomic mass is 16.5. The molecular formula is C11H13N5O3. The van der Waals surface area contributed by atoms with Gasteiger partial charge in [0.05, 0.1) is 0 Å². The summed E-state index contributed by atoms with van der Waals surface area (Å²) in [5.74, 6) is -0.124. The average Bonchev–Trinajstić information content (AvgIpc) is 2.74. The van der Waals surface area contributed by atoms with Gasteiger partial charge in [-0.3, -0.25) is 10.1 Å². The number of nitrogens with two attached hydrogens (primary N) is 1. The van der Waals surface area contributed by atoms with Gasteiger partial charge in [-0.1, -0.05) is 5.11 Å². The molecular weight excluding hydrogens is 250 g/mol. The Morgan fingerprint density at radius 3 is 3.16 bits per heavy atom. The first-order valence-electron chi connectivity index (χ1n) is 5.62. The molecule has 1 amide bonds. The predicted molar refractivity (Wildman–Crippen MR) is 66.5 cm³/mol. The van der Waals surface area contributed by atoms with E-state index in [4.69, 9.17) is 16.0 Å². The minimum atomic E-state index is -1.16. The first-order valence-corrected chi connectivity index (χ1v) is 5.62. The summed E-state index contributed by atoms with van der Waals surface area (Å²) < 4.78 is 5.39. The van der Waals surface area contributed by atoms with E-state index in [-0.39, 0.29) is 25.4 Å². The van der Waals surface area contributed by atoms with Crippen molar-refractivity contribution in [3.05, 3.63) is 34.2 Å². The number of azide groups is 1. The maximum atomic E-state index is 11.7. The fraction of sp³-hybridized carbons (Fsp3) is 0.364. The summed E-state index contributed by atoms with van der Waals surface area (Å²) in [7, 11) is 0. The zero-order chi connectivity index (χ0) is 13.9. The molecule has 1 unspecified atom stereocenters. The number of phenolic OH excluding ortho intramolecular Hbond substituents is 1. The van der Waals surface area contributed by atoms with Crippen molar-refractivity contribution in [1.82, 2.24) is 5.32 Å². The third-order valence-corrected chi connectivity index (χ3v) is 2.99. The molecule has 1 heterocycles. The summed E-state index contributed by atoms with van der Waals surface area (Å²) in [5.41, 5.74) is 13.1. The van der Waals surface area contributed by atoms with Crippen molar-refractivity contribution in [2.24, 2.45) is 10.8 Å². The molecule has 0 fully saturated rings. The van der Waals surface area contributed by atoms with Crippen molar-refractivity contribution in [1.29, 1.82) is 0 Å². The van der Waals surface area contributed by atoms with Gasteiger partial charge < -0.3 is 15.6 Å². The van der Waals surface area contributed by atoms with E-state index in [2.05, 4.69) is 15.3 Å². The molecule has 0 saturated heterocycles. The fourth-order valence-electron chi connectivity index (χ4n) is 2.05. The summed E-state index contributed by atoms with van der Waals surface area (Å²) in [6, 6.07) is 4.47. The van der Waals surface area contributed by atoms with Crippen LogP contribution in [0.25, 0.3) is 10.4 Å². The number of aromatic hydroxyl groups is 1. The summed E-state index contributed by atoms with van der Waals surface area (Å²) >= 11 is 0. The molecule has 1 aromatic rings. The minimum absolute atomic E-state index is 0.0391. The number of carbonyl (C=O) groups is 1. The van der Waals surface area contributed by atoms with Crippen LogP contribution >= 0.6 is 0 Å². The van der Waals surface area contributed by atoms with Crippen LogP contribution in [-0.2, 0) is 10.3 Å². The quantitative estimate of drug-likeness (QED) is 0.306. The van der Waals surface area contributed by atoms with Crippen LogP contribution in [0.1, 0.15) is 5.56 Å². The van der Waals surface area contributed by atoms with Crippen LogP contribution in [0.15, 0.2) is 23.3 Å². The van der Waals surface area contributed by atoms with Gasteiger partial charge in [0.15, 0.2) is 5.54 Å². The Bertz CT molecular complexity index is 555. The Kier molecular flexibility index (Phi) is 3.46. The van der Waals surface area contributed by atoms with Gasteiger partial charge in [-0.2, -0.15) is 0 Å². The second kappa shape index (κ2) is 5.05. The minimum Gasteiger partial charge on any atom is -0.508 e. The molecule has 8 heteroatoms. The van der Waals surface area contributed by atoms with E-state index in [0.717, 1.165) is 0 Å². The number of hydrogen-bond donors (Lipinski definition) is 3. The van der Waals surface area contributed by atoms with Crippen LogP contribution in [0.4, 0.5) is 0 Å². The van der Waals surface area contributed by atoms with Gasteiger partial charge in [-0.15, -0.1) is 0 Å². The Hall–Kier alpha value is -2.44. The van der Waals surface area contributed by atoms with Crippen molar-refractivity contribution >= 4 is 5.91 Å². The number of carbonyl (C=O) groups excluding carboxylic acids is 1. The molecule has 0 spiro atoms. The largest absolute Gasteiger partial charge is 0.508 e. The smallest absolute Gasteiger partial charge is 0.246 e. The van der Waals surface area contributed by atoms with Crippen LogP contribution in [0.5, 0.6) is 11.5 Å². The zero-order valence-electron chi connectivity index (χ0n) is 10.0. The Morgan fingerprint density at radius 2 is 2.47 bits per heavy atom. The highest BCUT2D eigenvalue weighted by molar-refractivity contribution is 5.88. The van der Waals surface area contributed by atoms with Gasteiger partial charge in [-0.05, 0) is 17.7 Å². The van der Waals surface area contributed by atoms with Crippen molar-refractivity contribution < 1.29 is 14.6 Å². The van der Waals surface area contributed by atoms with Gasteiger partial charge in [-0.25, -0.2) is 0 Å². The lowest BCUT2D eigenvalue weighted by atomic mass is 9.91. The maximum Gasteiger partial charge on any atom is 0.246 e. The van der Waals surface area contributed by atoms with E-state index in [1.807, 2.05) is 0 Å². The third-order valence-electron chi connectivity index (χ3n) is 2.99. The summed E-state index contributed by atoms with van der Waals surface area (Å²) in [5, 5.41) is 15.7. The molecule has 1 aromatic carbocycles. The highest BCUT2D eigenvalue weighted by Gasteiger charge is 2.45. The topological polar surface area (TPSA) is 133 Å². The number of rotatable bonds is 5. The number of primary amides is 1. The van der Waals surface area contributed by atoms with Gasteiger partial charge >= 0.3 is 0 Å². The Labute approximate surface area is 108 Å². The van der Waals surface area contributed by atoms with Crippen LogP contribution in [0, 0.1) is 0 Å². The van der Waals surface area contributed by atoms with E-state index in [0.29, 0.717) is 11.3 Å². The standard InChI is InChI=1S/C11H13N5O3/c12-10(18)11(14-3-4-15-16-13)6-19-9-5-7(17)1-2-8(9)11/h1-2,5,14,17H,3-4,6H2,(H2,12,18). The third kappa shape index (κ3) is 2.26. The second-order valence-electron chi connectivity index (χ2n) is 4.12. The van der Waals surface area contributed by atoms with Gasteiger partial charge in [0.25, 0.3) is 0 Å². The molecule has 0 radical (unpaired) electrons. The van der Waals surface area contributed by atoms with Crippen LogP contribution in [-0.4, -0.2) is 30.7 Å². The number of benzene rings is 1. The molecule has 8 nitrogen and oxygen atoms in total. The molecule has 1 aliphatic rings. The predicted octanol–water partition coefficient (Wildman–Crippen LogP) is 0.365. The molecule has 2 rings (SSSR count). The number of hydrogen-bond acceptors (Lipinski definition) is 5. The van der Waals surface area contributed by atoms with Crippen molar-refractivity contribution in [2.45, 2.75) is 5.54 Å². The number of amides is 1. The number of ether oxygens (including phenoxy) is 1. The fourth-order valence-corrected chi connectivity index (χ4v) is 2.05. The van der Waals surface area contributed by atoms with E-state index in [9.17, 15) is 9.90 Å². The van der Waals surface area contributed by atoms with Gasteiger partial charge in [0.1, 0.15) is 18.1 Å². The SMILES string of the molecule is [N-]=[N+]=NCCNC1(C(N)=O)COc2cc(O)ccc21. The lowest BCUT2D eigenvalue weighted by molar-refractivity contribution is -0.125. The van der Waals surface area contributed by atoms with E-state index in [1.165, 1.54) is 12.1 Å². The molecule has 100 valence electrons. The van der Waals surface area contributed by atoms with Gasteiger partial charge in [0, 0.05) is 29.6 Å². The molecule has 4 N–H and O–H groups in total. The van der Waals surface area contributed by atoms with Crippen LogP contribution < -0.4 is 15.8 Å². The summed E-state index contributed by atoms with van der Waals surface area (Å²) in [6.07, 6.45) is 0. The zero-order valence-corrected chi connectivity index (χ0v) is 10.0. The number of nitrogens with zero attached hydrogens (tertiary/aromatic N) is 3. The van der Waals surface area contributed by atoms with Gasteiger partial charge in [0.2, 0.25) is 5.91 Å². The first kappa shape index (κ1) is 13.0. The number of fused-ring (bicyclic) bond motifs is 1.